The summed E-state index contributed by atoms with van der Waals surface area (Å²) in [5, 5.41) is 0. The van der Waals surface area contributed by atoms with Gasteiger partial charge in [-0.25, -0.2) is 9.37 Å². The van der Waals surface area contributed by atoms with Gasteiger partial charge >= 0.3 is 5.97 Å². The molecule has 0 saturated heterocycles. The zero-order chi connectivity index (χ0) is 24.4. The first-order valence-corrected chi connectivity index (χ1v) is 11.6. The second kappa shape index (κ2) is 9.58. The highest BCUT2D eigenvalue weighted by atomic mass is 19.1. The molecule has 1 aliphatic rings. The Morgan fingerprint density at radius 3 is 2.43 bits per heavy atom. The van der Waals surface area contributed by atoms with Gasteiger partial charge in [-0.05, 0) is 42.3 Å². The predicted octanol–water partition coefficient (Wildman–Crippen LogP) is 5.91. The highest BCUT2D eigenvalue weighted by molar-refractivity contribution is 5.73. The summed E-state index contributed by atoms with van der Waals surface area (Å²) in [5.74, 6) is 0.494. The second-order valence-electron chi connectivity index (χ2n) is 8.78. The van der Waals surface area contributed by atoms with E-state index in [1.54, 1.807) is 6.07 Å². The number of fused-ring (bicyclic) bond motifs is 1. The lowest BCUT2D eigenvalue weighted by Gasteiger charge is -2.29. The molecule has 1 aliphatic heterocycles. The minimum Gasteiger partial charge on any atom is -0.407 e. The van der Waals surface area contributed by atoms with E-state index in [0.29, 0.717) is 31.1 Å². The van der Waals surface area contributed by atoms with E-state index in [4.69, 9.17) is 9.72 Å². The van der Waals surface area contributed by atoms with Crippen LogP contribution < -0.4 is 9.64 Å². The fraction of sp³-hybridized carbons (Fsp3) is 0.172. The van der Waals surface area contributed by atoms with E-state index in [1.807, 2.05) is 66.1 Å². The maximum Gasteiger partial charge on any atom is 0.309 e. The number of halogens is 1. The summed E-state index contributed by atoms with van der Waals surface area (Å²) in [5.41, 5.74) is 5.69. The molecule has 5 rings (SSSR count). The lowest BCUT2D eigenvalue weighted by molar-refractivity contribution is -0.132. The number of imidazole rings is 1. The fourth-order valence-electron chi connectivity index (χ4n) is 4.45. The van der Waals surface area contributed by atoms with Crippen LogP contribution in [0, 0.1) is 12.7 Å². The van der Waals surface area contributed by atoms with Crippen LogP contribution in [-0.4, -0.2) is 15.5 Å². The van der Waals surface area contributed by atoms with E-state index in [2.05, 4.69) is 17.2 Å². The van der Waals surface area contributed by atoms with Crippen molar-refractivity contribution in [1.82, 2.24) is 9.55 Å². The van der Waals surface area contributed by atoms with Gasteiger partial charge in [-0.1, -0.05) is 60.2 Å². The molecule has 0 spiro atoms. The zero-order valence-electron chi connectivity index (χ0n) is 19.7. The second-order valence-corrected chi connectivity index (χ2v) is 8.78. The first-order chi connectivity index (χ1) is 17.0. The average molecular weight is 468 g/mol. The number of aryl methyl sites for hydroxylation is 1. The van der Waals surface area contributed by atoms with Crippen LogP contribution in [-0.2, 0) is 24.3 Å². The average Bonchev–Trinajstić information content (AvgIpc) is 3.16. The summed E-state index contributed by atoms with van der Waals surface area (Å²) in [4.78, 5) is 19.1. The van der Waals surface area contributed by atoms with Gasteiger partial charge in [-0.3, -0.25) is 9.36 Å². The molecule has 0 saturated carbocycles. The number of hydrogen-bond donors (Lipinski definition) is 0. The Labute approximate surface area is 204 Å². The Hall–Kier alpha value is -4.19. The molecule has 4 aromatic rings. The number of carbonyl (C=O) groups excluding carboxylic acids is 1. The van der Waals surface area contributed by atoms with Crippen LogP contribution in [0.4, 0.5) is 10.1 Å². The molecule has 0 fully saturated rings. The van der Waals surface area contributed by atoms with E-state index in [1.165, 1.54) is 19.1 Å². The van der Waals surface area contributed by atoms with Gasteiger partial charge in [0.25, 0.3) is 0 Å². The highest BCUT2D eigenvalue weighted by Crippen LogP contribution is 2.34. The van der Waals surface area contributed by atoms with Gasteiger partial charge in [0.2, 0.25) is 5.88 Å². The van der Waals surface area contributed by atoms with Crippen molar-refractivity contribution in [1.29, 1.82) is 0 Å². The van der Waals surface area contributed by atoms with Crippen molar-refractivity contribution in [2.75, 3.05) is 4.90 Å². The third-order valence-electron chi connectivity index (χ3n) is 5.95. The van der Waals surface area contributed by atoms with Crippen LogP contribution in [0.2, 0.25) is 0 Å². The summed E-state index contributed by atoms with van der Waals surface area (Å²) in [6.07, 6.45) is 3.07. The number of benzene rings is 3. The van der Waals surface area contributed by atoms with Crippen LogP contribution >= 0.6 is 0 Å². The van der Waals surface area contributed by atoms with Crippen molar-refractivity contribution in [2.24, 2.45) is 0 Å². The van der Waals surface area contributed by atoms with Crippen molar-refractivity contribution >= 4 is 17.2 Å². The number of carbonyl (C=O) groups is 1. The Morgan fingerprint density at radius 1 is 0.971 bits per heavy atom. The van der Waals surface area contributed by atoms with E-state index in [9.17, 15) is 9.18 Å². The fourth-order valence-corrected chi connectivity index (χ4v) is 4.45. The SMILES string of the molecule is CC(=O)Oc1c(Cc2cccc(C)c2)nc2n1CN(c1ccccc1)C=C2Cc1cccc(F)c1. The molecule has 1 aromatic heterocycles. The first-order valence-electron chi connectivity index (χ1n) is 11.6. The number of esters is 1. The van der Waals surface area contributed by atoms with E-state index in [0.717, 1.165) is 33.8 Å². The molecule has 176 valence electrons. The number of rotatable bonds is 6. The number of para-hydroxylation sites is 1. The number of hydrogen-bond acceptors (Lipinski definition) is 4. The number of allylic oxidation sites excluding steroid dienone is 1. The van der Waals surface area contributed by atoms with Crippen molar-refractivity contribution in [3.8, 4) is 5.88 Å². The molecular weight excluding hydrogens is 441 g/mol. The van der Waals surface area contributed by atoms with Crippen LogP contribution in [0.5, 0.6) is 5.88 Å². The molecule has 0 N–H and O–H groups in total. The highest BCUT2D eigenvalue weighted by Gasteiger charge is 2.28. The Kier molecular flexibility index (Phi) is 6.19. The Bertz CT molecular complexity index is 1410. The minimum absolute atomic E-state index is 0.275. The molecule has 0 unspecified atom stereocenters. The van der Waals surface area contributed by atoms with E-state index >= 15 is 0 Å². The van der Waals surface area contributed by atoms with Crippen LogP contribution in [0.15, 0.2) is 85.1 Å². The lowest BCUT2D eigenvalue weighted by atomic mass is 10.0. The van der Waals surface area contributed by atoms with Gasteiger partial charge in [-0.15, -0.1) is 0 Å². The molecule has 3 aromatic carbocycles. The summed E-state index contributed by atoms with van der Waals surface area (Å²) in [6, 6.07) is 24.8. The maximum atomic E-state index is 13.9. The zero-order valence-corrected chi connectivity index (χ0v) is 19.7. The Balaban J connectivity index is 1.61. The molecule has 0 radical (unpaired) electrons. The van der Waals surface area contributed by atoms with Gasteiger partial charge in [0.05, 0.1) is 0 Å². The van der Waals surface area contributed by atoms with Crippen LogP contribution in [0.3, 0.4) is 0 Å². The molecule has 6 heteroatoms. The standard InChI is InChI=1S/C29H26FN3O2/c1-20-8-6-9-22(14-20)17-27-29(35-21(2)34)33-19-32(26-12-4-3-5-13-26)18-24(28(33)31-27)15-23-10-7-11-25(30)16-23/h3-14,16,18H,15,17,19H2,1-2H3. The molecule has 35 heavy (non-hydrogen) atoms. The summed E-state index contributed by atoms with van der Waals surface area (Å²) >= 11 is 0. The molecule has 5 nitrogen and oxygen atoms in total. The molecule has 0 aliphatic carbocycles. The third kappa shape index (κ3) is 5.01. The summed E-state index contributed by atoms with van der Waals surface area (Å²) < 4.78 is 21.6. The van der Waals surface area contributed by atoms with Crippen LogP contribution in [0.25, 0.3) is 5.57 Å². The van der Waals surface area contributed by atoms with E-state index in [-0.39, 0.29) is 5.82 Å². The van der Waals surface area contributed by atoms with Crippen molar-refractivity contribution in [3.63, 3.8) is 0 Å². The largest absolute Gasteiger partial charge is 0.407 e. The normalized spacial score (nSPS) is 12.8. The number of ether oxygens (including phenoxy) is 1. The van der Waals surface area contributed by atoms with Crippen molar-refractivity contribution < 1.29 is 13.9 Å². The van der Waals surface area contributed by atoms with Gasteiger partial charge in [-0.2, -0.15) is 0 Å². The number of aromatic nitrogens is 2. The number of nitrogens with zero attached hydrogens (tertiary/aromatic N) is 3. The van der Waals surface area contributed by atoms with Gasteiger partial charge in [0.15, 0.2) is 0 Å². The minimum atomic E-state index is -0.398. The quantitative estimate of drug-likeness (QED) is 0.331. The van der Waals surface area contributed by atoms with Gasteiger partial charge in [0, 0.05) is 37.2 Å². The maximum absolute atomic E-state index is 13.9. The molecule has 0 atom stereocenters. The lowest BCUT2D eigenvalue weighted by Crippen LogP contribution is -2.27. The third-order valence-corrected chi connectivity index (χ3v) is 5.95. The first kappa shape index (κ1) is 22.6. The smallest absolute Gasteiger partial charge is 0.309 e. The Morgan fingerprint density at radius 2 is 1.71 bits per heavy atom. The molecule has 2 heterocycles. The summed E-state index contributed by atoms with van der Waals surface area (Å²) in [6.45, 7) is 3.89. The van der Waals surface area contributed by atoms with Gasteiger partial charge < -0.3 is 9.64 Å². The van der Waals surface area contributed by atoms with Gasteiger partial charge in [0.1, 0.15) is 24.0 Å². The predicted molar refractivity (Wildman–Crippen MR) is 135 cm³/mol. The summed E-state index contributed by atoms with van der Waals surface area (Å²) in [7, 11) is 0. The monoisotopic (exact) mass is 467 g/mol. The van der Waals surface area contributed by atoms with Crippen molar-refractivity contribution in [2.45, 2.75) is 33.4 Å². The number of anilines is 1. The van der Waals surface area contributed by atoms with Crippen LogP contribution in [0.1, 0.15) is 35.1 Å². The molecular formula is C29H26FN3O2. The molecule has 0 bridgehead atoms. The molecule has 0 amide bonds. The topological polar surface area (TPSA) is 47.4 Å². The van der Waals surface area contributed by atoms with E-state index < -0.39 is 5.97 Å². The van der Waals surface area contributed by atoms with Crippen molar-refractivity contribution in [3.05, 3.63) is 119 Å².